The number of halogens is 1. The quantitative estimate of drug-likeness (QED) is 0.393. The fourth-order valence-corrected chi connectivity index (χ4v) is 3.03. The second-order valence-electron chi connectivity index (χ2n) is 6.81. The van der Waals surface area contributed by atoms with Gasteiger partial charge in [-0.15, -0.1) is 0 Å². The van der Waals surface area contributed by atoms with Crippen molar-refractivity contribution in [1.82, 2.24) is 20.3 Å². The fourth-order valence-electron chi connectivity index (χ4n) is 3.03. The minimum Gasteiger partial charge on any atom is -0.394 e. The van der Waals surface area contributed by atoms with Gasteiger partial charge in [-0.1, -0.05) is 6.07 Å². The molecule has 1 aromatic carbocycles. The molecule has 3 heterocycles. The number of nitrogens with one attached hydrogen (secondary N) is 2. The predicted molar refractivity (Wildman–Crippen MR) is 110 cm³/mol. The molecule has 0 aliphatic heterocycles. The number of aliphatic hydroxyl groups excluding tert-OH is 2. The van der Waals surface area contributed by atoms with E-state index in [0.717, 1.165) is 22.2 Å². The molecule has 0 radical (unpaired) electrons. The Labute approximate surface area is 171 Å². The number of rotatable bonds is 6. The Morgan fingerprint density at radius 1 is 1.13 bits per heavy atom. The largest absolute Gasteiger partial charge is 0.394 e. The number of hydrogen-bond acceptors (Lipinski definition) is 5. The molecule has 4 aromatic rings. The van der Waals surface area contributed by atoms with E-state index in [9.17, 15) is 14.3 Å². The first kappa shape index (κ1) is 19.7. The van der Waals surface area contributed by atoms with Gasteiger partial charge in [0.15, 0.2) is 0 Å². The maximum absolute atomic E-state index is 13.2. The number of nitrogens with zero attached hydrogens (tertiary/aromatic N) is 2. The Morgan fingerprint density at radius 3 is 2.70 bits per heavy atom. The molecule has 0 fully saturated rings. The van der Waals surface area contributed by atoms with Crippen LogP contribution in [0.5, 0.6) is 0 Å². The van der Waals surface area contributed by atoms with Gasteiger partial charge < -0.3 is 20.5 Å². The number of carbonyl (C=O) groups is 1. The van der Waals surface area contributed by atoms with E-state index < -0.39 is 18.6 Å². The lowest BCUT2D eigenvalue weighted by atomic mass is 10.1. The minimum absolute atomic E-state index is 0.0652. The van der Waals surface area contributed by atoms with Gasteiger partial charge >= 0.3 is 0 Å². The van der Waals surface area contributed by atoms with Crippen LogP contribution in [0.4, 0.5) is 4.39 Å². The van der Waals surface area contributed by atoms with Crippen molar-refractivity contribution in [2.75, 3.05) is 13.2 Å². The van der Waals surface area contributed by atoms with Crippen molar-refractivity contribution < 1.29 is 19.4 Å². The van der Waals surface area contributed by atoms with Crippen LogP contribution in [0.3, 0.4) is 0 Å². The number of amides is 1. The smallest absolute Gasteiger partial charge is 0.269 e. The molecule has 4 N–H and O–H groups in total. The highest BCUT2D eigenvalue weighted by atomic mass is 19.1. The highest BCUT2D eigenvalue weighted by Gasteiger charge is 2.12. The van der Waals surface area contributed by atoms with Crippen LogP contribution in [0.15, 0.2) is 60.8 Å². The van der Waals surface area contributed by atoms with Gasteiger partial charge in [0.2, 0.25) is 0 Å². The minimum atomic E-state index is -1.02. The summed E-state index contributed by atoms with van der Waals surface area (Å²) in [6.07, 6.45) is 0.639. The summed E-state index contributed by atoms with van der Waals surface area (Å²) >= 11 is 0. The first-order valence-electron chi connectivity index (χ1n) is 9.33. The van der Waals surface area contributed by atoms with Crippen LogP contribution in [0, 0.1) is 5.82 Å². The van der Waals surface area contributed by atoms with Crippen LogP contribution in [-0.2, 0) is 0 Å². The lowest BCUT2D eigenvalue weighted by Crippen LogP contribution is -2.34. The molecule has 30 heavy (non-hydrogen) atoms. The van der Waals surface area contributed by atoms with Gasteiger partial charge in [0, 0.05) is 29.4 Å². The third-order valence-electron chi connectivity index (χ3n) is 4.61. The topological polar surface area (TPSA) is 111 Å². The molecule has 0 aliphatic carbocycles. The Balaban J connectivity index is 1.60. The summed E-state index contributed by atoms with van der Waals surface area (Å²) in [5.74, 6) is -0.741. The Morgan fingerprint density at radius 2 is 1.93 bits per heavy atom. The van der Waals surface area contributed by atoms with Crippen LogP contribution < -0.4 is 5.32 Å². The molecule has 152 valence electrons. The average Bonchev–Trinajstić information content (AvgIpc) is 3.21. The molecule has 0 saturated heterocycles. The van der Waals surface area contributed by atoms with E-state index in [-0.39, 0.29) is 18.1 Å². The number of carbonyl (C=O) groups excluding carboxylic acids is 1. The van der Waals surface area contributed by atoms with E-state index >= 15 is 0 Å². The maximum Gasteiger partial charge on any atom is 0.269 e. The van der Waals surface area contributed by atoms with Gasteiger partial charge in [-0.05, 0) is 54.1 Å². The van der Waals surface area contributed by atoms with Crippen molar-refractivity contribution in [2.24, 2.45) is 0 Å². The van der Waals surface area contributed by atoms with E-state index in [1.165, 1.54) is 12.1 Å². The van der Waals surface area contributed by atoms with Crippen LogP contribution in [0.25, 0.3) is 33.5 Å². The number of H-pyrrole nitrogens is 1. The molecule has 0 bridgehead atoms. The summed E-state index contributed by atoms with van der Waals surface area (Å²) in [5.41, 5.74) is 3.85. The second-order valence-corrected chi connectivity index (χ2v) is 6.81. The lowest BCUT2D eigenvalue weighted by molar-refractivity contribution is 0.0799. The summed E-state index contributed by atoms with van der Waals surface area (Å²) in [7, 11) is 0. The highest BCUT2D eigenvalue weighted by molar-refractivity contribution is 5.93. The summed E-state index contributed by atoms with van der Waals surface area (Å²) in [5, 5.41) is 21.6. The zero-order valence-corrected chi connectivity index (χ0v) is 15.8. The summed E-state index contributed by atoms with van der Waals surface area (Å²) in [6, 6.07) is 15.1. The lowest BCUT2D eigenvalue weighted by Gasteiger charge is -2.09. The van der Waals surface area contributed by atoms with E-state index in [0.29, 0.717) is 11.3 Å². The zero-order chi connectivity index (χ0) is 21.1. The second kappa shape index (κ2) is 8.40. The molecule has 1 amide bonds. The van der Waals surface area contributed by atoms with Gasteiger partial charge in [-0.25, -0.2) is 14.4 Å². The molecule has 3 aromatic heterocycles. The normalized spacial score (nSPS) is 12.1. The molecular formula is C22H19FN4O3. The number of aliphatic hydroxyl groups is 2. The van der Waals surface area contributed by atoms with Gasteiger partial charge in [0.1, 0.15) is 17.2 Å². The van der Waals surface area contributed by atoms with E-state index in [1.54, 1.807) is 36.5 Å². The number of benzene rings is 1. The molecule has 1 atom stereocenters. The molecule has 0 saturated carbocycles. The Hall–Kier alpha value is -3.62. The van der Waals surface area contributed by atoms with Crippen molar-refractivity contribution in [3.05, 3.63) is 72.3 Å². The zero-order valence-electron chi connectivity index (χ0n) is 15.8. The van der Waals surface area contributed by atoms with Crippen molar-refractivity contribution in [3.63, 3.8) is 0 Å². The van der Waals surface area contributed by atoms with Gasteiger partial charge in [0.05, 0.1) is 18.4 Å². The van der Waals surface area contributed by atoms with Gasteiger partial charge in [-0.3, -0.25) is 4.79 Å². The van der Waals surface area contributed by atoms with Crippen molar-refractivity contribution in [3.8, 4) is 22.5 Å². The maximum atomic E-state index is 13.2. The number of aromatic amines is 1. The molecule has 7 nitrogen and oxygen atoms in total. The monoisotopic (exact) mass is 406 g/mol. The summed E-state index contributed by atoms with van der Waals surface area (Å²) in [6.45, 7) is -0.500. The molecule has 4 rings (SSSR count). The number of pyridine rings is 2. The molecule has 0 aliphatic rings. The third-order valence-corrected chi connectivity index (χ3v) is 4.61. The molecule has 0 spiro atoms. The number of fused-ring (bicyclic) bond motifs is 1. The third kappa shape index (κ3) is 4.19. The highest BCUT2D eigenvalue weighted by Crippen LogP contribution is 2.26. The predicted octanol–water partition coefficient (Wildman–Crippen LogP) is 2.51. The van der Waals surface area contributed by atoms with E-state index in [1.807, 2.05) is 12.1 Å². The molecule has 8 heteroatoms. The SMILES string of the molecule is O=C(NC[C@@H](O)CO)c1cccc(-c2cnc3[nH]c(-c4ccc(F)cc4)cc3c2)n1. The van der Waals surface area contributed by atoms with Gasteiger partial charge in [-0.2, -0.15) is 0 Å². The van der Waals surface area contributed by atoms with Crippen molar-refractivity contribution in [1.29, 1.82) is 0 Å². The first-order chi connectivity index (χ1) is 14.5. The Bertz CT molecular complexity index is 1190. The van der Waals surface area contributed by atoms with Crippen LogP contribution in [0.2, 0.25) is 0 Å². The Kier molecular flexibility index (Phi) is 5.51. The molecular weight excluding hydrogens is 387 g/mol. The first-order valence-corrected chi connectivity index (χ1v) is 9.33. The fraction of sp³-hybridized carbons (Fsp3) is 0.136. The summed E-state index contributed by atoms with van der Waals surface area (Å²) < 4.78 is 13.2. The van der Waals surface area contributed by atoms with E-state index in [4.69, 9.17) is 5.11 Å². The average molecular weight is 406 g/mol. The van der Waals surface area contributed by atoms with Crippen LogP contribution in [-0.4, -0.2) is 50.3 Å². The standard InChI is InChI=1S/C22H19FN4O3/c23-16-6-4-13(5-7-16)20-9-14-8-15(10-24-21(14)27-20)18-2-1-3-19(26-18)22(30)25-11-17(29)12-28/h1-10,17,28-29H,11-12H2,(H,24,27)(H,25,30)/t17-/m1/s1. The van der Waals surface area contributed by atoms with Gasteiger partial charge in [0.25, 0.3) is 5.91 Å². The van der Waals surface area contributed by atoms with Crippen LogP contribution in [0.1, 0.15) is 10.5 Å². The van der Waals surface area contributed by atoms with E-state index in [2.05, 4.69) is 20.3 Å². The van der Waals surface area contributed by atoms with Crippen molar-refractivity contribution in [2.45, 2.75) is 6.10 Å². The number of aromatic nitrogens is 3. The molecule has 0 unspecified atom stereocenters. The summed E-state index contributed by atoms with van der Waals surface area (Å²) in [4.78, 5) is 24.3. The number of hydrogen-bond donors (Lipinski definition) is 4. The van der Waals surface area contributed by atoms with Crippen molar-refractivity contribution >= 4 is 16.9 Å². The van der Waals surface area contributed by atoms with Crippen LogP contribution >= 0.6 is 0 Å².